The predicted molar refractivity (Wildman–Crippen MR) is 93.2 cm³/mol. The monoisotopic (exact) mass is 390 g/mol. The zero-order chi connectivity index (χ0) is 19.5. The molecule has 1 aromatic heterocycles. The number of rotatable bonds is 2. The first-order chi connectivity index (χ1) is 12.8. The topological polar surface area (TPSA) is 112 Å². The normalized spacial score (nSPS) is 24.0. The SMILES string of the molecule is COc1cc(-c2nnc(C)o2)c(Cl)c2c1C(=O)[C@@]1(O2)C(O)=CC(=O)C[C@H]1C. The lowest BCUT2D eigenvalue weighted by Crippen LogP contribution is -2.51. The number of aliphatic hydroxyl groups is 1. The van der Waals surface area contributed by atoms with E-state index in [2.05, 4.69) is 10.2 Å². The number of aliphatic hydroxyl groups excluding tert-OH is 1. The number of fused-ring (bicyclic) bond motifs is 1. The number of ether oxygens (including phenoxy) is 2. The van der Waals surface area contributed by atoms with Crippen LogP contribution in [-0.4, -0.2) is 39.6 Å². The molecule has 0 saturated heterocycles. The Balaban J connectivity index is 1.95. The van der Waals surface area contributed by atoms with Gasteiger partial charge in [0.15, 0.2) is 11.5 Å². The third-order valence-electron chi connectivity index (χ3n) is 4.87. The lowest BCUT2D eigenvalue weighted by molar-refractivity contribution is -0.118. The molecule has 9 heteroatoms. The molecule has 1 spiro atoms. The molecule has 2 aromatic rings. The highest BCUT2D eigenvalue weighted by molar-refractivity contribution is 6.36. The fourth-order valence-electron chi connectivity index (χ4n) is 3.55. The molecule has 0 fully saturated rings. The second-order valence-corrected chi connectivity index (χ2v) is 6.92. The van der Waals surface area contributed by atoms with Crippen LogP contribution in [0.5, 0.6) is 11.5 Å². The van der Waals surface area contributed by atoms with Gasteiger partial charge < -0.3 is 19.0 Å². The smallest absolute Gasteiger partial charge is 0.249 e. The van der Waals surface area contributed by atoms with Gasteiger partial charge in [-0.25, -0.2) is 0 Å². The molecule has 27 heavy (non-hydrogen) atoms. The minimum absolute atomic E-state index is 0.0491. The van der Waals surface area contributed by atoms with Crippen molar-refractivity contribution in [3.63, 3.8) is 0 Å². The number of halogens is 1. The molecule has 1 N–H and O–H groups in total. The Hall–Kier alpha value is -2.87. The number of nitrogens with zero attached hydrogens (tertiary/aromatic N) is 2. The fourth-order valence-corrected chi connectivity index (χ4v) is 3.81. The molecule has 2 heterocycles. The molecule has 2 aliphatic rings. The van der Waals surface area contributed by atoms with Gasteiger partial charge in [0.05, 0.1) is 17.7 Å². The third-order valence-corrected chi connectivity index (χ3v) is 5.24. The van der Waals surface area contributed by atoms with Crippen LogP contribution in [0.3, 0.4) is 0 Å². The summed E-state index contributed by atoms with van der Waals surface area (Å²) in [7, 11) is 1.40. The Kier molecular flexibility index (Phi) is 3.78. The first-order valence-corrected chi connectivity index (χ1v) is 8.56. The van der Waals surface area contributed by atoms with E-state index in [1.807, 2.05) is 0 Å². The summed E-state index contributed by atoms with van der Waals surface area (Å²) in [4.78, 5) is 25.0. The molecule has 0 radical (unpaired) electrons. The Morgan fingerprint density at radius 2 is 2.11 bits per heavy atom. The summed E-state index contributed by atoms with van der Waals surface area (Å²) in [6.07, 6.45) is 1.08. The summed E-state index contributed by atoms with van der Waals surface area (Å²) in [5, 5.41) is 18.2. The van der Waals surface area contributed by atoms with Gasteiger partial charge in [0.2, 0.25) is 23.2 Å². The minimum Gasteiger partial charge on any atom is -0.507 e. The minimum atomic E-state index is -1.71. The van der Waals surface area contributed by atoms with Crippen molar-refractivity contribution in [2.45, 2.75) is 25.9 Å². The maximum absolute atomic E-state index is 13.3. The highest BCUT2D eigenvalue weighted by atomic mass is 35.5. The molecule has 0 saturated carbocycles. The van der Waals surface area contributed by atoms with Crippen molar-refractivity contribution in [3.8, 4) is 23.0 Å². The van der Waals surface area contributed by atoms with E-state index in [0.29, 0.717) is 11.5 Å². The van der Waals surface area contributed by atoms with E-state index < -0.39 is 23.1 Å². The highest BCUT2D eigenvalue weighted by Gasteiger charge is 2.59. The van der Waals surface area contributed by atoms with E-state index in [1.54, 1.807) is 13.8 Å². The molecule has 0 unspecified atom stereocenters. The van der Waals surface area contributed by atoms with Crippen molar-refractivity contribution < 1.29 is 28.6 Å². The Morgan fingerprint density at radius 3 is 2.70 bits per heavy atom. The number of aromatic nitrogens is 2. The van der Waals surface area contributed by atoms with Crippen molar-refractivity contribution in [1.29, 1.82) is 0 Å². The molecule has 2 atom stereocenters. The van der Waals surface area contributed by atoms with Crippen LogP contribution in [0.25, 0.3) is 11.5 Å². The lowest BCUT2D eigenvalue weighted by Gasteiger charge is -2.34. The zero-order valence-electron chi connectivity index (χ0n) is 14.7. The van der Waals surface area contributed by atoms with Crippen LogP contribution in [0, 0.1) is 12.8 Å². The van der Waals surface area contributed by atoms with Crippen molar-refractivity contribution in [2.24, 2.45) is 5.92 Å². The summed E-state index contributed by atoms with van der Waals surface area (Å²) in [5.41, 5.74) is -1.28. The first-order valence-electron chi connectivity index (χ1n) is 8.18. The van der Waals surface area contributed by atoms with E-state index in [9.17, 15) is 14.7 Å². The second-order valence-electron chi connectivity index (χ2n) is 6.54. The quantitative estimate of drug-likeness (QED) is 0.832. The Labute approximate surface area is 158 Å². The van der Waals surface area contributed by atoms with Gasteiger partial charge in [0.1, 0.15) is 17.1 Å². The maximum atomic E-state index is 13.3. The summed E-state index contributed by atoms with van der Waals surface area (Å²) in [5.74, 6) is -1.11. The number of carbonyl (C=O) groups is 2. The van der Waals surface area contributed by atoms with Crippen LogP contribution >= 0.6 is 11.6 Å². The number of ketones is 2. The van der Waals surface area contributed by atoms with Gasteiger partial charge in [-0.05, 0) is 6.07 Å². The van der Waals surface area contributed by atoms with Gasteiger partial charge in [0.25, 0.3) is 0 Å². The van der Waals surface area contributed by atoms with Crippen molar-refractivity contribution in [1.82, 2.24) is 10.2 Å². The largest absolute Gasteiger partial charge is 0.507 e. The Bertz CT molecular complexity index is 1030. The summed E-state index contributed by atoms with van der Waals surface area (Å²) < 4.78 is 16.7. The van der Waals surface area contributed by atoms with Crippen LogP contribution in [0.15, 0.2) is 22.3 Å². The summed E-state index contributed by atoms with van der Waals surface area (Å²) in [6.45, 7) is 3.29. The molecule has 0 amide bonds. The van der Waals surface area contributed by atoms with E-state index in [1.165, 1.54) is 13.2 Å². The van der Waals surface area contributed by atoms with Gasteiger partial charge in [0, 0.05) is 25.3 Å². The molecule has 140 valence electrons. The maximum Gasteiger partial charge on any atom is 0.249 e. The fraction of sp³-hybridized carbons (Fsp3) is 0.333. The van der Waals surface area contributed by atoms with Gasteiger partial charge in [-0.2, -0.15) is 0 Å². The molecule has 4 rings (SSSR count). The number of allylic oxidation sites excluding steroid dienone is 1. The van der Waals surface area contributed by atoms with Crippen LogP contribution < -0.4 is 9.47 Å². The molecule has 8 nitrogen and oxygen atoms in total. The summed E-state index contributed by atoms with van der Waals surface area (Å²) >= 11 is 6.49. The number of benzene rings is 1. The molecular weight excluding hydrogens is 376 g/mol. The van der Waals surface area contributed by atoms with Crippen LogP contribution in [0.2, 0.25) is 5.02 Å². The van der Waals surface area contributed by atoms with Gasteiger partial charge >= 0.3 is 0 Å². The zero-order valence-corrected chi connectivity index (χ0v) is 15.5. The highest BCUT2D eigenvalue weighted by Crippen LogP contribution is 2.53. The van der Waals surface area contributed by atoms with Crippen molar-refractivity contribution in [2.75, 3.05) is 7.11 Å². The average molecular weight is 391 g/mol. The van der Waals surface area contributed by atoms with E-state index >= 15 is 0 Å². The standard InChI is InChI=1S/C18H15ClN2O6/c1-7-4-9(22)5-12(23)18(7)16(24)13-11(25-3)6-10(14(19)15(13)27-18)17-21-20-8(2)26-17/h5-7,23H,4H2,1-3H3/t7-,18+/m1/s1. The number of methoxy groups -OCH3 is 1. The number of carbonyl (C=O) groups excluding carboxylic acids is 2. The lowest BCUT2D eigenvalue weighted by atomic mass is 9.75. The predicted octanol–water partition coefficient (Wildman–Crippen LogP) is 3.07. The molecule has 1 aliphatic carbocycles. The van der Waals surface area contributed by atoms with Crippen molar-refractivity contribution in [3.05, 3.63) is 34.4 Å². The van der Waals surface area contributed by atoms with E-state index in [4.69, 9.17) is 25.5 Å². The van der Waals surface area contributed by atoms with Gasteiger partial charge in [-0.15, -0.1) is 10.2 Å². The van der Waals surface area contributed by atoms with Crippen LogP contribution in [0.4, 0.5) is 0 Å². The van der Waals surface area contributed by atoms with Gasteiger partial charge in [-0.3, -0.25) is 9.59 Å². The summed E-state index contributed by atoms with van der Waals surface area (Å²) in [6, 6.07) is 1.51. The average Bonchev–Trinajstić information content (AvgIpc) is 3.17. The molecule has 1 aliphatic heterocycles. The van der Waals surface area contributed by atoms with Crippen LogP contribution in [0.1, 0.15) is 29.6 Å². The van der Waals surface area contributed by atoms with Crippen molar-refractivity contribution >= 4 is 23.2 Å². The van der Waals surface area contributed by atoms with E-state index in [0.717, 1.165) is 6.08 Å². The number of hydrogen-bond acceptors (Lipinski definition) is 8. The first kappa shape index (κ1) is 17.5. The number of hydrogen-bond donors (Lipinski definition) is 1. The third kappa shape index (κ3) is 2.29. The van der Waals surface area contributed by atoms with Crippen LogP contribution in [-0.2, 0) is 4.79 Å². The van der Waals surface area contributed by atoms with E-state index in [-0.39, 0.29) is 40.2 Å². The molecule has 0 bridgehead atoms. The number of aryl methyl sites for hydroxylation is 1. The second kappa shape index (κ2) is 5.82. The van der Waals surface area contributed by atoms with Gasteiger partial charge in [-0.1, -0.05) is 18.5 Å². The molecular formula is C18H15ClN2O6. The Morgan fingerprint density at radius 1 is 1.37 bits per heavy atom. The molecule has 1 aromatic carbocycles. The number of Topliss-reactive ketones (excluding diaryl/α,β-unsaturated/α-hetero) is 1.